The molecule has 0 saturated carbocycles. The van der Waals surface area contributed by atoms with Crippen molar-refractivity contribution in [1.82, 2.24) is 0 Å². The number of aryl methyl sites for hydroxylation is 1. The molecule has 5 aromatic carbocycles. The Morgan fingerprint density at radius 1 is 0.550 bits per heavy atom. The van der Waals surface area contributed by atoms with Gasteiger partial charge in [0.15, 0.2) is 18.4 Å². The number of hydrogen-bond donors (Lipinski definition) is 1. The average molecular weight is 547 g/mol. The Balaban J connectivity index is 1.19. The van der Waals surface area contributed by atoms with Crippen LogP contribution in [0, 0.1) is 6.92 Å². The maximum Gasteiger partial charge on any atom is 0.193 e. The molecule has 0 aliphatic carbocycles. The summed E-state index contributed by atoms with van der Waals surface area (Å²) in [6.45, 7) is 1.64. The minimum absolute atomic E-state index is 0.145. The lowest BCUT2D eigenvalue weighted by Crippen LogP contribution is -2.04. The molecule has 0 aliphatic heterocycles. The van der Waals surface area contributed by atoms with Crippen molar-refractivity contribution in [1.29, 1.82) is 0 Å². The van der Waals surface area contributed by atoms with Gasteiger partial charge in [-0.15, -0.1) is 0 Å². The second-order valence-electron chi connectivity index (χ2n) is 9.05. The van der Waals surface area contributed by atoms with E-state index < -0.39 is 6.79 Å². The Bertz CT molecular complexity index is 1590. The van der Waals surface area contributed by atoms with Gasteiger partial charge in [0.25, 0.3) is 0 Å². The molecule has 0 amide bonds. The summed E-state index contributed by atoms with van der Waals surface area (Å²) in [6, 6.07) is 36.4. The molecule has 0 radical (unpaired) electrons. The molecule has 6 heteroatoms. The summed E-state index contributed by atoms with van der Waals surface area (Å²) < 4.78 is 11.0. The van der Waals surface area contributed by atoms with Crippen LogP contribution in [0.4, 0.5) is 0 Å². The molecule has 5 aromatic rings. The number of aliphatic hydroxyl groups is 1. The number of ketones is 2. The number of aliphatic hydroxyl groups excluding tert-OH is 1. The van der Waals surface area contributed by atoms with Gasteiger partial charge < -0.3 is 14.6 Å². The fourth-order valence-electron chi connectivity index (χ4n) is 4.01. The van der Waals surface area contributed by atoms with E-state index in [0.717, 1.165) is 4.90 Å². The summed E-state index contributed by atoms with van der Waals surface area (Å²) in [7, 11) is 0. The molecule has 198 valence electrons. The highest BCUT2D eigenvalue weighted by molar-refractivity contribution is 7.99. The predicted molar refractivity (Wildman–Crippen MR) is 156 cm³/mol. The van der Waals surface area contributed by atoms with Crippen molar-refractivity contribution in [3.05, 3.63) is 149 Å². The molecule has 40 heavy (non-hydrogen) atoms. The first kappa shape index (κ1) is 26.9. The number of carbonyl (C=O) groups excluding carboxylic acids is 2. The Morgan fingerprint density at radius 3 is 1.32 bits per heavy atom. The first-order valence-electron chi connectivity index (χ1n) is 12.6. The highest BCUT2D eigenvalue weighted by atomic mass is 32.2. The topological polar surface area (TPSA) is 72.8 Å². The van der Waals surface area contributed by atoms with Crippen LogP contribution in [0.25, 0.3) is 0 Å². The second kappa shape index (κ2) is 12.5. The van der Waals surface area contributed by atoms with E-state index >= 15 is 0 Å². The Morgan fingerprint density at radius 2 is 0.900 bits per heavy atom. The molecule has 0 aromatic heterocycles. The zero-order chi connectivity index (χ0) is 27.9. The molecular weight excluding hydrogens is 520 g/mol. The van der Waals surface area contributed by atoms with Gasteiger partial charge in [0.05, 0.1) is 0 Å². The van der Waals surface area contributed by atoms with Crippen LogP contribution in [0.5, 0.6) is 17.2 Å². The monoisotopic (exact) mass is 546 g/mol. The lowest BCUT2D eigenvalue weighted by Gasteiger charge is -2.08. The first-order valence-corrected chi connectivity index (χ1v) is 13.5. The lowest BCUT2D eigenvalue weighted by molar-refractivity contribution is 0.0984. The van der Waals surface area contributed by atoms with Crippen molar-refractivity contribution in [3.8, 4) is 17.2 Å². The summed E-state index contributed by atoms with van der Waals surface area (Å²) in [4.78, 5) is 28.1. The highest BCUT2D eigenvalue weighted by Gasteiger charge is 2.13. The van der Waals surface area contributed by atoms with E-state index in [2.05, 4.69) is 31.2 Å². The van der Waals surface area contributed by atoms with Crippen LogP contribution in [0.1, 0.15) is 37.4 Å². The summed E-state index contributed by atoms with van der Waals surface area (Å²) in [5.41, 5.74) is 3.20. The minimum atomic E-state index is -0.430. The molecule has 0 atom stereocenters. The molecule has 0 bridgehead atoms. The smallest absolute Gasteiger partial charge is 0.193 e. The molecule has 5 nitrogen and oxygen atoms in total. The van der Waals surface area contributed by atoms with Crippen LogP contribution in [-0.4, -0.2) is 23.5 Å². The van der Waals surface area contributed by atoms with Crippen molar-refractivity contribution in [3.63, 3.8) is 0 Å². The Kier molecular flexibility index (Phi) is 8.40. The summed E-state index contributed by atoms with van der Waals surface area (Å²) in [6.07, 6.45) is 0. The normalized spacial score (nSPS) is 10.7. The fraction of sp³-hybridized carbons (Fsp3) is 0.0588. The maximum atomic E-state index is 13.0. The van der Waals surface area contributed by atoms with Gasteiger partial charge in [-0.25, -0.2) is 0 Å². The van der Waals surface area contributed by atoms with Gasteiger partial charge in [0.2, 0.25) is 0 Å². The molecule has 1 N–H and O–H groups in total. The molecule has 0 spiro atoms. The zero-order valence-corrected chi connectivity index (χ0v) is 22.6. The number of ether oxygens (including phenoxy) is 2. The van der Waals surface area contributed by atoms with Crippen molar-refractivity contribution in [2.45, 2.75) is 16.7 Å². The molecule has 0 fully saturated rings. The summed E-state index contributed by atoms with van der Waals surface area (Å²) in [5, 5.41) is 8.83. The van der Waals surface area contributed by atoms with Gasteiger partial charge in [0.1, 0.15) is 17.2 Å². The molecule has 0 heterocycles. The molecule has 0 aliphatic rings. The Labute approximate surface area is 237 Å². The van der Waals surface area contributed by atoms with Crippen LogP contribution in [0.15, 0.2) is 131 Å². The van der Waals surface area contributed by atoms with E-state index in [-0.39, 0.29) is 11.6 Å². The number of rotatable bonds is 10. The fourth-order valence-corrected chi connectivity index (χ4v) is 4.83. The van der Waals surface area contributed by atoms with Gasteiger partial charge in [-0.1, -0.05) is 53.7 Å². The van der Waals surface area contributed by atoms with Crippen molar-refractivity contribution in [2.75, 3.05) is 6.79 Å². The number of benzene rings is 5. The lowest BCUT2D eigenvalue weighted by atomic mass is 9.98. The quantitative estimate of drug-likeness (QED) is 0.143. The van der Waals surface area contributed by atoms with Gasteiger partial charge >= 0.3 is 0 Å². The van der Waals surface area contributed by atoms with E-state index in [1.54, 1.807) is 84.6 Å². The Hall–Kier alpha value is -4.65. The number of hydrogen-bond acceptors (Lipinski definition) is 6. The average Bonchev–Trinajstić information content (AvgIpc) is 3.00. The van der Waals surface area contributed by atoms with Crippen molar-refractivity contribution < 1.29 is 24.2 Å². The summed E-state index contributed by atoms with van der Waals surface area (Å²) in [5.74, 6) is 1.50. The van der Waals surface area contributed by atoms with Gasteiger partial charge in [-0.3, -0.25) is 9.59 Å². The number of carbonyl (C=O) groups is 2. The van der Waals surface area contributed by atoms with Crippen LogP contribution in [-0.2, 0) is 0 Å². The third-order valence-electron chi connectivity index (χ3n) is 6.19. The highest BCUT2D eigenvalue weighted by Crippen LogP contribution is 2.30. The standard InChI is InChI=1S/C34H26O5S/c1-23-2-18-31(19-3-23)40-32-20-16-30(17-21-32)39-29-14-10-27(11-15-29)34(37)25-6-4-24(5-7-25)33(36)26-8-12-28(13-9-26)38-22-35/h2-21,35H,22H2,1H3. The molecule has 0 saturated heterocycles. The SMILES string of the molecule is Cc1ccc(Sc2ccc(Oc3ccc(C(=O)c4ccc(C(=O)c5ccc(OCO)cc5)cc4)cc3)cc2)cc1. The van der Waals surface area contributed by atoms with E-state index in [4.69, 9.17) is 14.6 Å². The first-order chi connectivity index (χ1) is 19.5. The zero-order valence-electron chi connectivity index (χ0n) is 21.7. The molecule has 5 rings (SSSR count). The van der Waals surface area contributed by atoms with Gasteiger partial charge in [0, 0.05) is 32.0 Å². The van der Waals surface area contributed by atoms with Crippen LogP contribution in [0.3, 0.4) is 0 Å². The van der Waals surface area contributed by atoms with E-state index in [0.29, 0.717) is 39.5 Å². The third-order valence-corrected chi connectivity index (χ3v) is 7.21. The van der Waals surface area contributed by atoms with Crippen molar-refractivity contribution in [2.24, 2.45) is 0 Å². The van der Waals surface area contributed by atoms with Gasteiger partial charge in [-0.05, 0) is 91.9 Å². The second-order valence-corrected chi connectivity index (χ2v) is 10.2. The van der Waals surface area contributed by atoms with Gasteiger partial charge in [-0.2, -0.15) is 0 Å². The maximum absolute atomic E-state index is 13.0. The molecule has 0 unspecified atom stereocenters. The van der Waals surface area contributed by atoms with E-state index in [9.17, 15) is 9.59 Å². The third kappa shape index (κ3) is 6.67. The molecular formula is C34H26O5S. The van der Waals surface area contributed by atoms with E-state index in [1.807, 2.05) is 24.3 Å². The minimum Gasteiger partial charge on any atom is -0.468 e. The predicted octanol–water partition coefficient (Wildman–Crippen LogP) is 7.73. The van der Waals surface area contributed by atoms with Crippen LogP contribution >= 0.6 is 11.8 Å². The van der Waals surface area contributed by atoms with Crippen LogP contribution in [0.2, 0.25) is 0 Å². The van der Waals surface area contributed by atoms with E-state index in [1.165, 1.54) is 10.5 Å². The van der Waals surface area contributed by atoms with Crippen molar-refractivity contribution >= 4 is 23.3 Å². The summed E-state index contributed by atoms with van der Waals surface area (Å²) >= 11 is 1.69. The van der Waals surface area contributed by atoms with Crippen LogP contribution < -0.4 is 9.47 Å². The largest absolute Gasteiger partial charge is 0.468 e.